The lowest BCUT2D eigenvalue weighted by atomic mass is 10.1. The highest BCUT2D eigenvalue weighted by molar-refractivity contribution is 7.86. The first-order valence-electron chi connectivity index (χ1n) is 17.3. The quantitative estimate of drug-likeness (QED) is 0.0333. The van der Waals surface area contributed by atoms with Gasteiger partial charge in [-0.1, -0.05) is 87.3 Å². The molecule has 3 N–H and O–H groups in total. The SMILES string of the molecule is CCOC(=O)[C@@]1(F)[C@@H]2C[C@@H](O)C(=O)[C@@H]21.CCOC(=O)[C@@]1(F)[C@@H]2C[C@@H](OC(=O)c3ccc(Cl)c(Cl)c3)C(=O)[C@@H]21.N=C(OCc1ccc(Cl)c(Cl)c1)C(Cl)(Cl)Cl.O=S(=O)(O)C(F)(F)F. The third-order valence-electron chi connectivity index (χ3n) is 9.27. The van der Waals surface area contributed by atoms with Gasteiger partial charge in [0.15, 0.2) is 17.7 Å². The summed E-state index contributed by atoms with van der Waals surface area (Å²) in [4.78, 5) is 58.2. The molecular weight excluding hydrogens is 1020 g/mol. The Kier molecular flexibility index (Phi) is 17.8. The first-order valence-corrected chi connectivity index (χ1v) is 21.4. The molecular formula is C35H31Cl7F5NO13S. The second kappa shape index (κ2) is 20.6. The molecule has 0 saturated heterocycles. The van der Waals surface area contributed by atoms with E-state index in [0.717, 1.165) is 5.56 Å². The van der Waals surface area contributed by atoms with Crippen molar-refractivity contribution in [2.24, 2.45) is 23.7 Å². The molecule has 0 aliphatic heterocycles. The predicted octanol–water partition coefficient (Wildman–Crippen LogP) is 8.10. The number of esters is 3. The molecule has 4 aliphatic carbocycles. The van der Waals surface area contributed by atoms with Gasteiger partial charge < -0.3 is 24.1 Å². The van der Waals surface area contributed by atoms with E-state index >= 15 is 0 Å². The molecule has 8 atom stereocenters. The van der Waals surface area contributed by atoms with E-state index in [0.29, 0.717) is 10.0 Å². The van der Waals surface area contributed by atoms with Crippen LogP contribution in [0.4, 0.5) is 22.0 Å². The van der Waals surface area contributed by atoms with Crippen LogP contribution in [0.5, 0.6) is 0 Å². The summed E-state index contributed by atoms with van der Waals surface area (Å²) in [6, 6.07) is 9.12. The first-order chi connectivity index (χ1) is 28.4. The van der Waals surface area contributed by atoms with Crippen LogP contribution in [-0.4, -0.2) is 99.5 Å². The lowest BCUT2D eigenvalue weighted by Crippen LogP contribution is -2.35. The van der Waals surface area contributed by atoms with Crippen LogP contribution in [0, 0.1) is 29.1 Å². The monoisotopic (exact) mass is 1040 g/mol. The Labute approximate surface area is 383 Å². The molecule has 0 bridgehead atoms. The van der Waals surface area contributed by atoms with Crippen molar-refractivity contribution >= 4 is 127 Å². The molecule has 0 radical (unpaired) electrons. The highest BCUT2D eigenvalue weighted by Crippen LogP contribution is 2.63. The van der Waals surface area contributed by atoms with Gasteiger partial charge in [-0.05, 0) is 62.6 Å². The minimum Gasteiger partial charge on any atom is -0.473 e. The van der Waals surface area contributed by atoms with Crippen LogP contribution in [0.2, 0.25) is 20.1 Å². The van der Waals surface area contributed by atoms with Crippen molar-refractivity contribution in [2.45, 2.75) is 66.1 Å². The summed E-state index contributed by atoms with van der Waals surface area (Å²) in [6.45, 7) is 3.36. The number of carbonyl (C=O) groups is 5. The minimum atomic E-state index is -5.84. The van der Waals surface area contributed by atoms with Crippen LogP contribution in [-0.2, 0) is 54.9 Å². The molecule has 62 heavy (non-hydrogen) atoms. The Morgan fingerprint density at radius 3 is 1.61 bits per heavy atom. The van der Waals surface area contributed by atoms with Crippen molar-refractivity contribution in [3.8, 4) is 0 Å². The van der Waals surface area contributed by atoms with Gasteiger partial charge in [-0.15, -0.1) is 0 Å². The maximum absolute atomic E-state index is 14.5. The van der Waals surface area contributed by atoms with Gasteiger partial charge >= 0.3 is 33.5 Å². The second-order valence-electron chi connectivity index (χ2n) is 13.2. The standard InChI is InChI=1S/C16H13Cl2FO5.C9H6Cl5NO.C9H11FO4.CHF3O3S/c1-2-23-15(22)16(19)8-6-11(13(20)12(8)16)24-14(21)7-3-4-9(17)10(18)5-7;10-6-2-1-5(3-7(6)11)4-16-8(15)9(12,13)14;1-2-14-8(13)9(10)4-3-5(11)7(12)6(4)9;2-1(3,4)8(5,6)7/h3-5,8,11-12H,2,6H2,1H3;1-3,15H,4H2;4-6,11H,2-3H2,1H3;(H,5,6,7)/t8-,11-,12-,16-;;4-,5-,6-,9-;/m1.1./s1. The molecule has 4 saturated carbocycles. The molecule has 27 heteroatoms. The topological polar surface area (TPSA) is 221 Å². The number of benzene rings is 2. The third kappa shape index (κ3) is 12.3. The van der Waals surface area contributed by atoms with Crippen LogP contribution in [0.1, 0.15) is 42.6 Å². The van der Waals surface area contributed by atoms with E-state index in [-0.39, 0.29) is 48.3 Å². The zero-order chi connectivity index (χ0) is 47.5. The number of Topliss-reactive ketones (excluding diaryl/α,β-unsaturated/α-hetero) is 2. The van der Waals surface area contributed by atoms with Gasteiger partial charge in [0.2, 0.25) is 17.2 Å². The van der Waals surface area contributed by atoms with Gasteiger partial charge in [0, 0.05) is 11.8 Å². The number of nitrogens with one attached hydrogen (secondary N) is 1. The molecule has 0 amide bonds. The molecule has 344 valence electrons. The average molecular weight is 1050 g/mol. The fourth-order valence-corrected chi connectivity index (χ4v) is 7.00. The van der Waals surface area contributed by atoms with E-state index in [9.17, 15) is 45.9 Å². The lowest BCUT2D eigenvalue weighted by Gasteiger charge is -2.17. The lowest BCUT2D eigenvalue weighted by molar-refractivity contribution is -0.155. The van der Waals surface area contributed by atoms with Crippen LogP contribution >= 0.6 is 81.2 Å². The summed E-state index contributed by atoms with van der Waals surface area (Å²) in [5.74, 6) is -7.86. The summed E-state index contributed by atoms with van der Waals surface area (Å²) < 4.78 is 103. The number of aliphatic hydroxyl groups excluding tert-OH is 1. The highest BCUT2D eigenvalue weighted by Gasteiger charge is 2.80. The average Bonchev–Trinajstić information content (AvgIpc) is 3.84. The predicted molar refractivity (Wildman–Crippen MR) is 213 cm³/mol. The Bertz CT molecular complexity index is 2200. The molecule has 2 aromatic carbocycles. The van der Waals surface area contributed by atoms with Gasteiger partial charge in [0.1, 0.15) is 12.7 Å². The molecule has 0 aromatic heterocycles. The van der Waals surface area contributed by atoms with Crippen molar-refractivity contribution in [1.29, 1.82) is 5.41 Å². The van der Waals surface area contributed by atoms with Crippen molar-refractivity contribution < 1.29 is 82.9 Å². The molecule has 4 fully saturated rings. The smallest absolute Gasteiger partial charge is 0.473 e. The Balaban J connectivity index is 0.000000236. The third-order valence-corrected chi connectivity index (χ3v) is 11.9. The number of hydrogen-bond acceptors (Lipinski definition) is 13. The van der Waals surface area contributed by atoms with E-state index in [1.165, 1.54) is 18.2 Å². The molecule has 0 spiro atoms. The number of carbonyl (C=O) groups excluding carboxylic acids is 5. The maximum Gasteiger partial charge on any atom is 0.522 e. The van der Waals surface area contributed by atoms with Crippen molar-refractivity contribution in [1.82, 2.24) is 0 Å². The molecule has 0 heterocycles. The summed E-state index contributed by atoms with van der Waals surface area (Å²) in [5.41, 5.74) is -9.10. The van der Waals surface area contributed by atoms with Gasteiger partial charge in [-0.3, -0.25) is 19.6 Å². The molecule has 2 aromatic rings. The summed E-state index contributed by atoms with van der Waals surface area (Å²) >= 11 is 39.5. The first kappa shape index (κ1) is 53.5. The molecule has 14 nitrogen and oxygen atoms in total. The van der Waals surface area contributed by atoms with E-state index in [1.54, 1.807) is 32.0 Å². The number of alkyl halides is 8. The number of fused-ring (bicyclic) bond motifs is 2. The van der Waals surface area contributed by atoms with E-state index < -0.39 is 102 Å². The Morgan fingerprint density at radius 2 is 1.24 bits per heavy atom. The fraction of sp³-hybridized carbons (Fsp3) is 0.486. The van der Waals surface area contributed by atoms with E-state index in [4.69, 9.17) is 114 Å². The fourth-order valence-electron chi connectivity index (χ4n) is 6.22. The number of ketones is 2. The van der Waals surface area contributed by atoms with E-state index in [2.05, 4.69) is 9.47 Å². The van der Waals surface area contributed by atoms with Crippen LogP contribution < -0.4 is 0 Å². The van der Waals surface area contributed by atoms with Crippen LogP contribution in [0.15, 0.2) is 36.4 Å². The van der Waals surface area contributed by atoms with Gasteiger partial charge in [0.05, 0.1) is 50.7 Å². The number of halogens is 12. The van der Waals surface area contributed by atoms with Crippen LogP contribution in [0.3, 0.4) is 0 Å². The minimum absolute atomic E-state index is 0.0356. The van der Waals surface area contributed by atoms with Crippen molar-refractivity contribution in [3.05, 3.63) is 67.6 Å². The molecule has 4 aliphatic rings. The second-order valence-corrected chi connectivity index (χ2v) is 18.6. The summed E-state index contributed by atoms with van der Waals surface area (Å²) in [6.07, 6.45) is -2.16. The summed E-state index contributed by atoms with van der Waals surface area (Å²) in [7, 11) is -5.84. The highest BCUT2D eigenvalue weighted by atomic mass is 35.6. The molecule has 6 rings (SSSR count). The van der Waals surface area contributed by atoms with Gasteiger partial charge in [0.25, 0.3) is 3.79 Å². The Hall–Kier alpha value is -2.79. The van der Waals surface area contributed by atoms with Crippen LogP contribution in [0.25, 0.3) is 0 Å². The van der Waals surface area contributed by atoms with E-state index in [1.807, 2.05) is 0 Å². The zero-order valence-corrected chi connectivity index (χ0v) is 37.4. The van der Waals surface area contributed by atoms with Crippen molar-refractivity contribution in [2.75, 3.05) is 13.2 Å². The number of hydrogen-bond donors (Lipinski definition) is 3. The normalized spacial score (nSPS) is 26.7. The van der Waals surface area contributed by atoms with Gasteiger partial charge in [-0.25, -0.2) is 23.2 Å². The summed E-state index contributed by atoms with van der Waals surface area (Å²) in [5, 5.41) is 17.7. The Morgan fingerprint density at radius 1 is 0.790 bits per heavy atom. The largest absolute Gasteiger partial charge is 0.522 e. The number of aliphatic hydroxyl groups is 1. The number of rotatable bonds is 8. The molecule has 0 unspecified atom stereocenters. The number of ether oxygens (including phenoxy) is 4. The van der Waals surface area contributed by atoms with Gasteiger partial charge in [-0.2, -0.15) is 21.6 Å². The zero-order valence-electron chi connectivity index (χ0n) is 31.3. The van der Waals surface area contributed by atoms with Crippen molar-refractivity contribution in [3.63, 3.8) is 0 Å². The maximum atomic E-state index is 14.5.